The lowest BCUT2D eigenvalue weighted by molar-refractivity contribution is 0.171. The predicted molar refractivity (Wildman–Crippen MR) is 83.4 cm³/mol. The molecule has 1 atom stereocenters. The van der Waals surface area contributed by atoms with Crippen LogP contribution in [-0.2, 0) is 0 Å². The van der Waals surface area contributed by atoms with Crippen molar-refractivity contribution in [2.75, 3.05) is 25.0 Å². The molecule has 0 spiro atoms. The molecular weight excluding hydrogens is 286 g/mol. The molecule has 0 aromatic rings. The number of likely N-dealkylation sites (tertiary alicyclic amines) is 1. The van der Waals surface area contributed by atoms with E-state index in [1.165, 1.54) is 82.8 Å². The van der Waals surface area contributed by atoms with Gasteiger partial charge in [0.15, 0.2) is 0 Å². The van der Waals surface area contributed by atoms with Crippen molar-refractivity contribution >= 4 is 15.9 Å². The average molecular weight is 316 g/mol. The number of nitrogens with zero attached hydrogens (tertiary/aromatic N) is 1. The van der Waals surface area contributed by atoms with Gasteiger partial charge in [0.05, 0.1) is 0 Å². The Morgan fingerprint density at radius 3 is 2.50 bits per heavy atom. The molecule has 0 radical (unpaired) electrons. The fourth-order valence-corrected chi connectivity index (χ4v) is 4.73. The van der Waals surface area contributed by atoms with E-state index in [2.05, 4.69) is 27.8 Å². The second-order valence-electron chi connectivity index (χ2n) is 6.73. The summed E-state index contributed by atoms with van der Waals surface area (Å²) in [4.78, 5) is 2.77. The third kappa shape index (κ3) is 3.96. The fraction of sp³-hybridized carbons (Fsp3) is 1.00. The van der Waals surface area contributed by atoms with Gasteiger partial charge in [0.2, 0.25) is 0 Å². The van der Waals surface area contributed by atoms with Gasteiger partial charge in [0.25, 0.3) is 0 Å². The maximum absolute atomic E-state index is 3.83. The second kappa shape index (κ2) is 7.28. The van der Waals surface area contributed by atoms with Crippen LogP contribution in [0.4, 0.5) is 0 Å². The van der Waals surface area contributed by atoms with Crippen LogP contribution in [-0.4, -0.2) is 29.9 Å². The summed E-state index contributed by atoms with van der Waals surface area (Å²) in [6.45, 7) is 6.43. The van der Waals surface area contributed by atoms with Gasteiger partial charge in [-0.2, -0.15) is 0 Å². The van der Waals surface area contributed by atoms with Crippen LogP contribution in [0.15, 0.2) is 0 Å². The molecule has 1 saturated carbocycles. The fourth-order valence-electron chi connectivity index (χ4n) is 3.99. The molecule has 106 valence electrons. The van der Waals surface area contributed by atoms with E-state index in [4.69, 9.17) is 0 Å². The minimum atomic E-state index is 0.595. The number of hydrogen-bond acceptors (Lipinski definition) is 1. The second-order valence-corrected chi connectivity index (χ2v) is 7.29. The lowest BCUT2D eigenvalue weighted by Crippen LogP contribution is -2.37. The Kier molecular flexibility index (Phi) is 6.00. The Bertz CT molecular complexity index is 233. The molecular formula is C16H30BrN. The van der Waals surface area contributed by atoms with Crippen molar-refractivity contribution in [3.05, 3.63) is 0 Å². The Labute approximate surface area is 122 Å². The molecule has 1 aliphatic heterocycles. The standard InChI is InChI=1S/C16H30BrN/c1-2-7-15-8-11-18(12-15)14-16(13-17)9-5-3-4-6-10-16/h15H,2-14H2,1H3. The quantitative estimate of drug-likeness (QED) is 0.518. The summed E-state index contributed by atoms with van der Waals surface area (Å²) in [6, 6.07) is 0. The highest BCUT2D eigenvalue weighted by Crippen LogP contribution is 2.38. The van der Waals surface area contributed by atoms with Crippen molar-refractivity contribution in [1.29, 1.82) is 0 Å². The van der Waals surface area contributed by atoms with Gasteiger partial charge < -0.3 is 4.90 Å². The molecule has 1 aliphatic carbocycles. The lowest BCUT2D eigenvalue weighted by atomic mass is 9.82. The molecule has 2 rings (SSSR count). The first-order valence-corrected chi connectivity index (χ1v) is 9.18. The summed E-state index contributed by atoms with van der Waals surface area (Å²) in [5, 5.41) is 1.22. The van der Waals surface area contributed by atoms with E-state index in [1.54, 1.807) is 0 Å². The summed E-state index contributed by atoms with van der Waals surface area (Å²) in [5.41, 5.74) is 0.595. The van der Waals surface area contributed by atoms with E-state index in [0.717, 1.165) is 5.92 Å². The van der Waals surface area contributed by atoms with E-state index < -0.39 is 0 Å². The molecule has 18 heavy (non-hydrogen) atoms. The Balaban J connectivity index is 1.86. The van der Waals surface area contributed by atoms with Crippen LogP contribution in [0, 0.1) is 11.3 Å². The van der Waals surface area contributed by atoms with Gasteiger partial charge in [0, 0.05) is 18.4 Å². The number of rotatable bonds is 5. The molecule has 2 heteroatoms. The SMILES string of the molecule is CCCC1CCN(CC2(CBr)CCCCCC2)C1. The predicted octanol–water partition coefficient (Wildman–Crippen LogP) is 4.84. The first-order valence-electron chi connectivity index (χ1n) is 8.06. The molecule has 1 unspecified atom stereocenters. The zero-order chi connectivity index (χ0) is 12.8. The van der Waals surface area contributed by atoms with Crippen molar-refractivity contribution in [2.45, 2.75) is 64.7 Å². The number of hydrogen-bond donors (Lipinski definition) is 0. The van der Waals surface area contributed by atoms with E-state index >= 15 is 0 Å². The molecule has 0 N–H and O–H groups in total. The van der Waals surface area contributed by atoms with Crippen LogP contribution in [0.3, 0.4) is 0 Å². The Morgan fingerprint density at radius 1 is 1.17 bits per heavy atom. The first-order chi connectivity index (χ1) is 8.78. The summed E-state index contributed by atoms with van der Waals surface area (Å²) in [7, 11) is 0. The Hall–Kier alpha value is 0.440. The molecule has 2 aliphatic rings. The summed E-state index contributed by atoms with van der Waals surface area (Å²) >= 11 is 3.83. The van der Waals surface area contributed by atoms with Crippen LogP contribution in [0.25, 0.3) is 0 Å². The van der Waals surface area contributed by atoms with Crippen LogP contribution >= 0.6 is 15.9 Å². The van der Waals surface area contributed by atoms with E-state index in [1.807, 2.05) is 0 Å². The highest BCUT2D eigenvalue weighted by Gasteiger charge is 2.34. The topological polar surface area (TPSA) is 3.24 Å². The van der Waals surface area contributed by atoms with Gasteiger partial charge in [0.1, 0.15) is 0 Å². The maximum atomic E-state index is 3.83. The maximum Gasteiger partial charge on any atom is 0.0100 e. The molecule has 0 aromatic heterocycles. The van der Waals surface area contributed by atoms with Crippen molar-refractivity contribution < 1.29 is 0 Å². The number of halogens is 1. The van der Waals surface area contributed by atoms with Crippen LogP contribution in [0.2, 0.25) is 0 Å². The van der Waals surface area contributed by atoms with Gasteiger partial charge in [-0.1, -0.05) is 55.0 Å². The molecule has 2 fully saturated rings. The third-order valence-corrected chi connectivity index (χ3v) is 6.26. The summed E-state index contributed by atoms with van der Waals surface area (Å²) in [5.74, 6) is 0.994. The van der Waals surface area contributed by atoms with Gasteiger partial charge in [-0.15, -0.1) is 0 Å². The van der Waals surface area contributed by atoms with Crippen LogP contribution in [0.5, 0.6) is 0 Å². The van der Waals surface area contributed by atoms with Gasteiger partial charge in [-0.05, 0) is 43.6 Å². The Morgan fingerprint density at radius 2 is 1.89 bits per heavy atom. The number of alkyl halides is 1. The molecule has 1 nitrogen and oxygen atoms in total. The zero-order valence-corrected chi connectivity index (χ0v) is 13.7. The van der Waals surface area contributed by atoms with Crippen molar-refractivity contribution in [3.8, 4) is 0 Å². The van der Waals surface area contributed by atoms with Crippen LogP contribution < -0.4 is 0 Å². The molecule has 0 aromatic carbocycles. The highest BCUT2D eigenvalue weighted by atomic mass is 79.9. The molecule has 1 saturated heterocycles. The average Bonchev–Trinajstić information content (AvgIpc) is 2.67. The van der Waals surface area contributed by atoms with E-state index in [0.29, 0.717) is 5.41 Å². The normalized spacial score (nSPS) is 29.3. The van der Waals surface area contributed by atoms with Crippen molar-refractivity contribution in [1.82, 2.24) is 4.90 Å². The van der Waals surface area contributed by atoms with E-state index in [-0.39, 0.29) is 0 Å². The molecule has 1 heterocycles. The molecule has 0 bridgehead atoms. The van der Waals surface area contributed by atoms with E-state index in [9.17, 15) is 0 Å². The third-order valence-electron chi connectivity index (χ3n) is 5.07. The smallest absolute Gasteiger partial charge is 0.0100 e. The first kappa shape index (κ1) is 14.8. The minimum Gasteiger partial charge on any atom is -0.302 e. The lowest BCUT2D eigenvalue weighted by Gasteiger charge is -2.35. The minimum absolute atomic E-state index is 0.595. The molecule has 0 amide bonds. The highest BCUT2D eigenvalue weighted by molar-refractivity contribution is 9.09. The summed E-state index contributed by atoms with van der Waals surface area (Å²) in [6.07, 6.45) is 13.0. The largest absolute Gasteiger partial charge is 0.302 e. The summed E-state index contributed by atoms with van der Waals surface area (Å²) < 4.78 is 0. The van der Waals surface area contributed by atoms with Crippen molar-refractivity contribution in [2.24, 2.45) is 11.3 Å². The van der Waals surface area contributed by atoms with Crippen molar-refractivity contribution in [3.63, 3.8) is 0 Å². The zero-order valence-electron chi connectivity index (χ0n) is 12.1. The van der Waals surface area contributed by atoms with Gasteiger partial charge in [-0.25, -0.2) is 0 Å². The van der Waals surface area contributed by atoms with Crippen LogP contribution in [0.1, 0.15) is 64.7 Å². The van der Waals surface area contributed by atoms with Gasteiger partial charge >= 0.3 is 0 Å². The van der Waals surface area contributed by atoms with Gasteiger partial charge in [-0.3, -0.25) is 0 Å². The monoisotopic (exact) mass is 315 g/mol.